The molecule has 26 heavy (non-hydrogen) atoms. The number of halogens is 1. The van der Waals surface area contributed by atoms with Crippen LogP contribution in [-0.4, -0.2) is 48.0 Å². The van der Waals surface area contributed by atoms with Crippen LogP contribution in [0.4, 0.5) is 4.39 Å². The zero-order valence-corrected chi connectivity index (χ0v) is 16.5. The number of aryl methyl sites for hydroxylation is 1. The summed E-state index contributed by atoms with van der Waals surface area (Å²) in [5.41, 5.74) is 2.92. The number of guanidine groups is 1. The smallest absolute Gasteiger partial charge is 0.194 e. The van der Waals surface area contributed by atoms with Crippen LogP contribution >= 0.6 is 0 Å². The molecule has 2 aromatic rings. The molecule has 0 aliphatic carbocycles. The Bertz CT molecular complexity index is 736. The number of benzene rings is 1. The predicted octanol–water partition coefficient (Wildman–Crippen LogP) is 2.82. The number of hydrogen-bond donors (Lipinski definition) is 1. The van der Waals surface area contributed by atoms with Gasteiger partial charge in [0, 0.05) is 44.6 Å². The molecule has 0 saturated heterocycles. The average molecular weight is 359 g/mol. The Morgan fingerprint density at radius 1 is 1.19 bits per heavy atom. The van der Waals surface area contributed by atoms with Crippen molar-refractivity contribution in [3.8, 4) is 0 Å². The van der Waals surface area contributed by atoms with Crippen LogP contribution in [0.25, 0.3) is 0 Å². The molecule has 1 aromatic heterocycles. The Morgan fingerprint density at radius 3 is 2.58 bits per heavy atom. The van der Waals surface area contributed by atoms with Crippen LogP contribution in [0.1, 0.15) is 23.7 Å². The first-order valence-electron chi connectivity index (χ1n) is 8.92. The monoisotopic (exact) mass is 359 g/mol. The SMILES string of the molecule is CCNC(=NCc1ccc(F)c(CN(C)C)c1)N(C)Cc1cccn1C. The summed E-state index contributed by atoms with van der Waals surface area (Å²) in [5.74, 6) is 0.673. The Hall–Kier alpha value is -2.34. The summed E-state index contributed by atoms with van der Waals surface area (Å²) in [6, 6.07) is 9.38. The maximum Gasteiger partial charge on any atom is 0.194 e. The minimum atomic E-state index is -0.167. The topological polar surface area (TPSA) is 35.8 Å². The molecule has 142 valence electrons. The molecule has 5 nitrogen and oxygen atoms in total. The highest BCUT2D eigenvalue weighted by Crippen LogP contribution is 2.13. The first kappa shape index (κ1) is 20.0. The molecule has 0 aliphatic rings. The quantitative estimate of drug-likeness (QED) is 0.610. The highest BCUT2D eigenvalue weighted by molar-refractivity contribution is 5.79. The van der Waals surface area contributed by atoms with Crippen LogP contribution < -0.4 is 5.32 Å². The molecular formula is C20H30FN5. The Kier molecular flexibility index (Phi) is 7.21. The highest BCUT2D eigenvalue weighted by Gasteiger charge is 2.09. The summed E-state index contributed by atoms with van der Waals surface area (Å²) in [6.07, 6.45) is 2.04. The summed E-state index contributed by atoms with van der Waals surface area (Å²) < 4.78 is 16.0. The number of hydrogen-bond acceptors (Lipinski definition) is 2. The normalized spacial score (nSPS) is 11.9. The van der Waals surface area contributed by atoms with Crippen LogP contribution in [0.15, 0.2) is 41.5 Å². The van der Waals surface area contributed by atoms with Gasteiger partial charge >= 0.3 is 0 Å². The maximum absolute atomic E-state index is 13.9. The lowest BCUT2D eigenvalue weighted by Crippen LogP contribution is -2.38. The molecule has 0 saturated carbocycles. The lowest BCUT2D eigenvalue weighted by Gasteiger charge is -2.22. The van der Waals surface area contributed by atoms with Crippen molar-refractivity contribution < 1.29 is 4.39 Å². The number of aliphatic imine (C=N–C) groups is 1. The molecule has 6 heteroatoms. The van der Waals surface area contributed by atoms with Crippen molar-refractivity contribution >= 4 is 5.96 Å². The van der Waals surface area contributed by atoms with E-state index in [-0.39, 0.29) is 5.82 Å². The molecular weight excluding hydrogens is 329 g/mol. The van der Waals surface area contributed by atoms with Gasteiger partial charge in [-0.25, -0.2) is 9.38 Å². The molecule has 1 aromatic carbocycles. The lowest BCUT2D eigenvalue weighted by atomic mass is 10.1. The largest absolute Gasteiger partial charge is 0.357 e. The van der Waals surface area contributed by atoms with E-state index in [4.69, 9.17) is 4.99 Å². The fraction of sp³-hybridized carbons (Fsp3) is 0.450. The first-order valence-corrected chi connectivity index (χ1v) is 8.92. The lowest BCUT2D eigenvalue weighted by molar-refractivity contribution is 0.392. The minimum Gasteiger partial charge on any atom is -0.357 e. The summed E-state index contributed by atoms with van der Waals surface area (Å²) in [4.78, 5) is 8.79. The van der Waals surface area contributed by atoms with E-state index in [2.05, 4.69) is 27.8 Å². The summed E-state index contributed by atoms with van der Waals surface area (Å²) in [7, 11) is 7.94. The maximum atomic E-state index is 13.9. The molecule has 0 spiro atoms. The summed E-state index contributed by atoms with van der Waals surface area (Å²) in [5, 5.41) is 3.33. The van der Waals surface area contributed by atoms with Gasteiger partial charge in [0.25, 0.3) is 0 Å². The van der Waals surface area contributed by atoms with E-state index in [0.717, 1.165) is 24.6 Å². The van der Waals surface area contributed by atoms with E-state index in [1.165, 1.54) is 11.8 Å². The molecule has 1 heterocycles. The first-order chi connectivity index (χ1) is 12.4. The van der Waals surface area contributed by atoms with Gasteiger partial charge in [-0.3, -0.25) is 0 Å². The van der Waals surface area contributed by atoms with E-state index in [0.29, 0.717) is 18.7 Å². The van der Waals surface area contributed by atoms with E-state index >= 15 is 0 Å². The molecule has 0 fully saturated rings. The van der Waals surface area contributed by atoms with Crippen molar-refractivity contribution in [3.05, 3.63) is 59.2 Å². The van der Waals surface area contributed by atoms with E-state index in [1.807, 2.05) is 51.4 Å². The van der Waals surface area contributed by atoms with Gasteiger partial charge in [0.2, 0.25) is 0 Å². The van der Waals surface area contributed by atoms with Gasteiger partial charge in [-0.15, -0.1) is 0 Å². The van der Waals surface area contributed by atoms with Crippen molar-refractivity contribution in [1.82, 2.24) is 19.7 Å². The van der Waals surface area contributed by atoms with Gasteiger partial charge in [-0.05, 0) is 50.8 Å². The molecule has 1 N–H and O–H groups in total. The third-order valence-electron chi connectivity index (χ3n) is 4.16. The average Bonchev–Trinajstić information content (AvgIpc) is 2.98. The Labute approximate surface area is 156 Å². The van der Waals surface area contributed by atoms with E-state index < -0.39 is 0 Å². The van der Waals surface area contributed by atoms with Crippen molar-refractivity contribution in [1.29, 1.82) is 0 Å². The third-order valence-corrected chi connectivity index (χ3v) is 4.16. The molecule has 2 rings (SSSR count). The fourth-order valence-electron chi connectivity index (χ4n) is 2.80. The zero-order valence-electron chi connectivity index (χ0n) is 16.5. The summed E-state index contributed by atoms with van der Waals surface area (Å²) >= 11 is 0. The van der Waals surface area contributed by atoms with Gasteiger partial charge < -0.3 is 19.7 Å². The van der Waals surface area contributed by atoms with Crippen LogP contribution in [-0.2, 0) is 26.7 Å². The van der Waals surface area contributed by atoms with Crippen LogP contribution in [0.2, 0.25) is 0 Å². The number of nitrogens with zero attached hydrogens (tertiary/aromatic N) is 4. The Morgan fingerprint density at radius 2 is 1.96 bits per heavy atom. The predicted molar refractivity (Wildman–Crippen MR) is 105 cm³/mol. The summed E-state index contributed by atoms with van der Waals surface area (Å²) in [6.45, 7) is 4.71. The molecule has 0 atom stereocenters. The van der Waals surface area contributed by atoms with Crippen LogP contribution in [0, 0.1) is 5.82 Å². The zero-order chi connectivity index (χ0) is 19.1. The fourth-order valence-corrected chi connectivity index (χ4v) is 2.80. The highest BCUT2D eigenvalue weighted by atomic mass is 19.1. The van der Waals surface area contributed by atoms with Gasteiger partial charge in [0.15, 0.2) is 5.96 Å². The molecule has 0 aliphatic heterocycles. The molecule has 0 radical (unpaired) electrons. The van der Waals surface area contributed by atoms with Crippen molar-refractivity contribution in [3.63, 3.8) is 0 Å². The van der Waals surface area contributed by atoms with Crippen molar-refractivity contribution in [2.45, 2.75) is 26.6 Å². The second-order valence-electron chi connectivity index (χ2n) is 6.80. The van der Waals surface area contributed by atoms with Crippen LogP contribution in [0.3, 0.4) is 0 Å². The standard InChI is InChI=1S/C20H30FN5/c1-6-22-20(26(5)15-18-8-7-11-25(18)4)23-13-16-9-10-19(21)17(12-16)14-24(2)3/h7-12H,6,13-15H2,1-5H3,(H,22,23). The van der Waals surface area contributed by atoms with Gasteiger partial charge in [0.1, 0.15) is 5.82 Å². The van der Waals surface area contributed by atoms with Crippen LogP contribution in [0.5, 0.6) is 0 Å². The van der Waals surface area contributed by atoms with E-state index in [9.17, 15) is 4.39 Å². The second kappa shape index (κ2) is 9.38. The van der Waals surface area contributed by atoms with E-state index in [1.54, 1.807) is 6.07 Å². The van der Waals surface area contributed by atoms with Crippen molar-refractivity contribution in [2.75, 3.05) is 27.7 Å². The molecule has 0 amide bonds. The van der Waals surface area contributed by atoms with Gasteiger partial charge in [-0.2, -0.15) is 0 Å². The Balaban J connectivity index is 2.12. The van der Waals surface area contributed by atoms with Gasteiger partial charge in [0.05, 0.1) is 13.1 Å². The molecule has 0 unspecified atom stereocenters. The minimum absolute atomic E-state index is 0.167. The van der Waals surface area contributed by atoms with Gasteiger partial charge in [-0.1, -0.05) is 6.07 Å². The molecule has 0 bridgehead atoms. The third kappa shape index (κ3) is 5.59. The number of nitrogens with one attached hydrogen (secondary N) is 1. The number of rotatable bonds is 7. The van der Waals surface area contributed by atoms with Crippen molar-refractivity contribution in [2.24, 2.45) is 12.0 Å². The number of aromatic nitrogens is 1. The second-order valence-corrected chi connectivity index (χ2v) is 6.80.